The Labute approximate surface area is 168 Å². The largest absolute Gasteiger partial charge is 0.493 e. The Morgan fingerprint density at radius 3 is 2.62 bits per heavy atom. The molecule has 0 saturated heterocycles. The number of hydrogen-bond donors (Lipinski definition) is 2. The summed E-state index contributed by atoms with van der Waals surface area (Å²) in [4.78, 5) is 28.9. The Morgan fingerprint density at radius 2 is 1.97 bits per heavy atom. The zero-order valence-corrected chi connectivity index (χ0v) is 16.7. The van der Waals surface area contributed by atoms with Crippen molar-refractivity contribution in [3.05, 3.63) is 52.8 Å². The van der Waals surface area contributed by atoms with Crippen LogP contribution in [-0.4, -0.2) is 49.4 Å². The van der Waals surface area contributed by atoms with Crippen LogP contribution in [0.2, 0.25) is 0 Å². The van der Waals surface area contributed by atoms with E-state index >= 15 is 0 Å². The molecule has 0 fully saturated rings. The number of carboxylic acids is 1. The minimum atomic E-state index is -1.43. The maximum absolute atomic E-state index is 12.5. The molecule has 0 aliphatic carbocycles. The number of aromatic nitrogens is 1. The average molecular weight is 400 g/mol. The average Bonchev–Trinajstić information content (AvgIpc) is 2.73. The molecule has 29 heavy (non-hydrogen) atoms. The number of ether oxygens (including phenoxy) is 3. The highest BCUT2D eigenvalue weighted by atomic mass is 16.5. The molecule has 1 aliphatic rings. The number of nitrogens with one attached hydrogen (secondary N) is 1. The zero-order valence-electron chi connectivity index (χ0n) is 16.7. The van der Waals surface area contributed by atoms with Crippen molar-refractivity contribution in [3.8, 4) is 11.5 Å². The van der Waals surface area contributed by atoms with E-state index in [2.05, 4.69) is 10.3 Å². The minimum absolute atomic E-state index is 0.0431. The van der Waals surface area contributed by atoms with Crippen LogP contribution in [0.4, 0.5) is 0 Å². The van der Waals surface area contributed by atoms with Gasteiger partial charge >= 0.3 is 11.9 Å². The third kappa shape index (κ3) is 3.75. The maximum Gasteiger partial charge on any atom is 0.339 e. The molecule has 2 N–H and O–H groups in total. The van der Waals surface area contributed by atoms with Gasteiger partial charge in [-0.05, 0) is 48.2 Å². The van der Waals surface area contributed by atoms with Crippen LogP contribution < -0.4 is 14.8 Å². The molecule has 1 unspecified atom stereocenters. The van der Waals surface area contributed by atoms with Crippen molar-refractivity contribution in [2.75, 3.05) is 27.4 Å². The fraction of sp³-hybridized carbons (Fsp3) is 0.381. The van der Waals surface area contributed by atoms with Crippen LogP contribution in [0.5, 0.6) is 11.5 Å². The first-order valence-electron chi connectivity index (χ1n) is 9.30. The van der Waals surface area contributed by atoms with Gasteiger partial charge in [0.2, 0.25) is 0 Å². The number of fused-ring (bicyclic) bond motifs is 1. The number of pyridine rings is 1. The van der Waals surface area contributed by atoms with E-state index in [0.717, 1.165) is 5.56 Å². The Kier molecular flexibility index (Phi) is 6.03. The van der Waals surface area contributed by atoms with Crippen LogP contribution in [-0.2, 0) is 27.9 Å². The first-order chi connectivity index (χ1) is 14.0. The summed E-state index contributed by atoms with van der Waals surface area (Å²) in [6.07, 6.45) is 3.63. The third-order valence-electron chi connectivity index (χ3n) is 5.12. The summed E-state index contributed by atoms with van der Waals surface area (Å²) in [5, 5.41) is 13.4. The molecule has 0 amide bonds. The summed E-state index contributed by atoms with van der Waals surface area (Å²) in [5.41, 5.74) is 0.798. The first-order valence-corrected chi connectivity index (χ1v) is 9.30. The molecular weight excluding hydrogens is 376 g/mol. The van der Waals surface area contributed by atoms with Crippen molar-refractivity contribution in [2.45, 2.75) is 25.3 Å². The molecule has 0 spiro atoms. The predicted octanol–water partition coefficient (Wildman–Crippen LogP) is 1.94. The van der Waals surface area contributed by atoms with Crippen LogP contribution in [0.25, 0.3) is 0 Å². The van der Waals surface area contributed by atoms with Crippen molar-refractivity contribution in [3.63, 3.8) is 0 Å². The summed E-state index contributed by atoms with van der Waals surface area (Å²) in [5.74, 6) is -0.582. The molecule has 1 aromatic heterocycles. The monoisotopic (exact) mass is 400 g/mol. The molecule has 1 aromatic carbocycles. The number of carboxylic acid groups (broad SMARTS) is 1. The Hall–Kier alpha value is -3.13. The Bertz CT molecular complexity index is 929. The lowest BCUT2D eigenvalue weighted by molar-refractivity contribution is -0.145. The van der Waals surface area contributed by atoms with Crippen molar-refractivity contribution < 1.29 is 28.9 Å². The van der Waals surface area contributed by atoms with Crippen LogP contribution in [0.3, 0.4) is 0 Å². The fourth-order valence-electron chi connectivity index (χ4n) is 3.71. The van der Waals surface area contributed by atoms with Crippen LogP contribution in [0, 0.1) is 0 Å². The number of carbonyl (C=O) groups excluding carboxylic acids is 1. The molecule has 0 saturated carbocycles. The molecular formula is C21H24N2O6. The maximum atomic E-state index is 12.5. The second-order valence-electron chi connectivity index (χ2n) is 6.68. The van der Waals surface area contributed by atoms with Gasteiger partial charge in [-0.25, -0.2) is 9.59 Å². The quantitative estimate of drug-likeness (QED) is 0.679. The number of hydrogen-bond acceptors (Lipinski definition) is 7. The van der Waals surface area contributed by atoms with Gasteiger partial charge in [0.05, 0.1) is 26.4 Å². The van der Waals surface area contributed by atoms with Gasteiger partial charge in [-0.2, -0.15) is 0 Å². The number of rotatable bonds is 7. The molecule has 0 bridgehead atoms. The third-order valence-corrected chi connectivity index (χ3v) is 5.12. The molecule has 1 atom stereocenters. The lowest BCUT2D eigenvalue weighted by Gasteiger charge is -2.37. The van der Waals surface area contributed by atoms with Gasteiger partial charge in [0.15, 0.2) is 11.5 Å². The second kappa shape index (κ2) is 8.48. The van der Waals surface area contributed by atoms with E-state index in [1.54, 1.807) is 26.2 Å². The number of benzene rings is 1. The van der Waals surface area contributed by atoms with Crippen LogP contribution in [0.1, 0.15) is 34.0 Å². The molecule has 2 aromatic rings. The van der Waals surface area contributed by atoms with Gasteiger partial charge in [0, 0.05) is 25.4 Å². The number of aliphatic carboxylic acids is 1. The van der Waals surface area contributed by atoms with Crippen molar-refractivity contribution in [1.29, 1.82) is 0 Å². The topological polar surface area (TPSA) is 107 Å². The van der Waals surface area contributed by atoms with E-state index in [4.69, 9.17) is 14.2 Å². The number of esters is 1. The highest BCUT2D eigenvalue weighted by molar-refractivity contribution is 5.91. The van der Waals surface area contributed by atoms with Gasteiger partial charge in [0.25, 0.3) is 0 Å². The second-order valence-corrected chi connectivity index (χ2v) is 6.68. The summed E-state index contributed by atoms with van der Waals surface area (Å²) in [6, 6.07) is 5.15. The van der Waals surface area contributed by atoms with Crippen LogP contribution >= 0.6 is 0 Å². The number of carbonyl (C=O) groups is 2. The lowest BCUT2D eigenvalue weighted by Crippen LogP contribution is -2.54. The van der Waals surface area contributed by atoms with E-state index in [9.17, 15) is 14.7 Å². The molecule has 8 nitrogen and oxygen atoms in total. The van der Waals surface area contributed by atoms with Crippen LogP contribution in [0.15, 0.2) is 30.6 Å². The molecule has 0 radical (unpaired) electrons. The molecule has 2 heterocycles. The molecule has 154 valence electrons. The smallest absolute Gasteiger partial charge is 0.339 e. The van der Waals surface area contributed by atoms with Gasteiger partial charge < -0.3 is 19.3 Å². The Morgan fingerprint density at radius 1 is 1.24 bits per heavy atom. The Balaban J connectivity index is 2.13. The SMILES string of the molecule is CCOC(=O)c1cnccc1CC1(C(=O)O)NCCc2cc(OC)c(OC)cc21. The van der Waals surface area contributed by atoms with E-state index < -0.39 is 17.5 Å². The normalized spacial score (nSPS) is 17.9. The van der Waals surface area contributed by atoms with Gasteiger partial charge in [0.1, 0.15) is 5.54 Å². The van der Waals surface area contributed by atoms with E-state index in [1.807, 2.05) is 6.07 Å². The highest BCUT2D eigenvalue weighted by Crippen LogP contribution is 2.39. The lowest BCUT2D eigenvalue weighted by atomic mass is 9.77. The van der Waals surface area contributed by atoms with Gasteiger partial charge in [-0.15, -0.1) is 0 Å². The number of nitrogens with zero attached hydrogens (tertiary/aromatic N) is 1. The van der Waals surface area contributed by atoms with Crippen molar-refractivity contribution >= 4 is 11.9 Å². The van der Waals surface area contributed by atoms with E-state index in [1.165, 1.54) is 19.5 Å². The minimum Gasteiger partial charge on any atom is -0.493 e. The predicted molar refractivity (Wildman–Crippen MR) is 104 cm³/mol. The summed E-state index contributed by atoms with van der Waals surface area (Å²) in [7, 11) is 3.04. The van der Waals surface area contributed by atoms with Crippen molar-refractivity contribution in [2.24, 2.45) is 0 Å². The molecule has 8 heteroatoms. The number of methoxy groups -OCH3 is 2. The molecule has 3 rings (SSSR count). The van der Waals surface area contributed by atoms with Gasteiger partial charge in [-0.3, -0.25) is 10.3 Å². The zero-order chi connectivity index (χ0) is 21.0. The molecule has 1 aliphatic heterocycles. The van der Waals surface area contributed by atoms with E-state index in [-0.39, 0.29) is 18.6 Å². The van der Waals surface area contributed by atoms with Crippen molar-refractivity contribution in [1.82, 2.24) is 10.3 Å². The highest BCUT2D eigenvalue weighted by Gasteiger charge is 2.45. The summed E-state index contributed by atoms with van der Waals surface area (Å²) in [6.45, 7) is 2.40. The fourth-order valence-corrected chi connectivity index (χ4v) is 3.71. The van der Waals surface area contributed by atoms with E-state index in [0.29, 0.717) is 35.6 Å². The first kappa shape index (κ1) is 20.6. The van der Waals surface area contributed by atoms with Gasteiger partial charge in [-0.1, -0.05) is 0 Å². The summed E-state index contributed by atoms with van der Waals surface area (Å²) >= 11 is 0. The summed E-state index contributed by atoms with van der Waals surface area (Å²) < 4.78 is 15.9. The standard InChI is InChI=1S/C21H24N2O6/c1-4-29-19(24)15-12-22-7-5-14(15)11-21(20(25)26)16-10-18(28-3)17(27-2)9-13(16)6-8-23-21/h5,7,9-10,12,23H,4,6,8,11H2,1-3H3,(H,25,26).